The van der Waals surface area contributed by atoms with E-state index in [0.717, 1.165) is 5.56 Å². The maximum absolute atomic E-state index is 12.6. The fourth-order valence-electron chi connectivity index (χ4n) is 3.03. The van der Waals surface area contributed by atoms with Crippen molar-refractivity contribution >= 4 is 28.6 Å². The largest absolute Gasteiger partial charge is 0.481 e. The number of carboxylic acids is 1. The maximum atomic E-state index is 12.6. The van der Waals surface area contributed by atoms with E-state index in [-0.39, 0.29) is 24.9 Å². The van der Waals surface area contributed by atoms with Crippen LogP contribution in [0.15, 0.2) is 24.3 Å². The number of amides is 2. The Hall–Kier alpha value is -2.22. The van der Waals surface area contributed by atoms with Crippen molar-refractivity contribution in [1.29, 1.82) is 0 Å². The lowest BCUT2D eigenvalue weighted by atomic mass is 9.98. The Bertz CT molecular complexity index is 721. The molecule has 1 N–H and O–H groups in total. The van der Waals surface area contributed by atoms with Crippen LogP contribution in [-0.2, 0) is 26.1 Å². The molecule has 2 unspecified atom stereocenters. The molecule has 0 bridgehead atoms. The third-order valence-corrected chi connectivity index (χ3v) is 5.13. The number of carboxylic acid groups (broad SMARTS) is 1. The summed E-state index contributed by atoms with van der Waals surface area (Å²) in [4.78, 5) is 38.9. The van der Waals surface area contributed by atoms with Gasteiger partial charge in [0.2, 0.25) is 5.91 Å². The standard InChI is InChI=1S/C18H24N2O5S/c1-19(11-16(21)20-8-4-7-15(10-20)18(23)24)17(22)14-6-3-5-13(9-14)12-26(2)25/h3,5-6,9,15H,4,7-8,10-12H2,1-2H3,(H,23,24). The molecule has 1 saturated heterocycles. The summed E-state index contributed by atoms with van der Waals surface area (Å²) < 4.78 is 11.3. The van der Waals surface area contributed by atoms with E-state index in [4.69, 9.17) is 5.11 Å². The highest BCUT2D eigenvalue weighted by atomic mass is 32.2. The molecule has 0 aliphatic carbocycles. The molecule has 1 fully saturated rings. The van der Waals surface area contributed by atoms with Crippen LogP contribution >= 0.6 is 0 Å². The first-order valence-electron chi connectivity index (χ1n) is 8.43. The van der Waals surface area contributed by atoms with Gasteiger partial charge in [0.05, 0.1) is 12.5 Å². The molecule has 1 aliphatic heterocycles. The molecular formula is C18H24N2O5S. The number of likely N-dealkylation sites (tertiary alicyclic amines) is 1. The third-order valence-electron chi connectivity index (χ3n) is 4.39. The number of carbonyl (C=O) groups excluding carboxylic acids is 2. The van der Waals surface area contributed by atoms with Gasteiger partial charge in [0.25, 0.3) is 5.91 Å². The zero-order valence-corrected chi connectivity index (χ0v) is 15.8. The fourth-order valence-corrected chi connectivity index (χ4v) is 3.68. The molecule has 0 saturated carbocycles. The number of aliphatic carboxylic acids is 1. The molecule has 1 aromatic rings. The van der Waals surface area contributed by atoms with Gasteiger partial charge in [-0.15, -0.1) is 0 Å². The molecule has 8 heteroatoms. The third kappa shape index (κ3) is 5.39. The van der Waals surface area contributed by atoms with Crippen LogP contribution in [0.2, 0.25) is 0 Å². The minimum Gasteiger partial charge on any atom is -0.481 e. The zero-order valence-electron chi connectivity index (χ0n) is 15.0. The summed E-state index contributed by atoms with van der Waals surface area (Å²) >= 11 is 0. The van der Waals surface area contributed by atoms with E-state index in [9.17, 15) is 18.6 Å². The summed E-state index contributed by atoms with van der Waals surface area (Å²) in [5, 5.41) is 9.12. The number of rotatable bonds is 6. The molecule has 1 aromatic carbocycles. The molecule has 7 nitrogen and oxygen atoms in total. The van der Waals surface area contributed by atoms with Crippen molar-refractivity contribution < 1.29 is 23.7 Å². The SMILES string of the molecule is CN(CC(=O)N1CCCC(C(=O)O)C1)C(=O)c1cccc(CS(C)=O)c1. The topological polar surface area (TPSA) is 95.0 Å². The van der Waals surface area contributed by atoms with Crippen LogP contribution in [0.4, 0.5) is 0 Å². The summed E-state index contributed by atoms with van der Waals surface area (Å²) in [5.41, 5.74) is 1.24. The van der Waals surface area contributed by atoms with Crippen molar-refractivity contribution in [1.82, 2.24) is 9.80 Å². The molecular weight excluding hydrogens is 356 g/mol. The molecule has 2 atom stereocenters. The van der Waals surface area contributed by atoms with Crippen LogP contribution in [0.25, 0.3) is 0 Å². The lowest BCUT2D eigenvalue weighted by molar-refractivity contribution is -0.145. The minimum atomic E-state index is -1.00. The van der Waals surface area contributed by atoms with E-state index in [1.807, 2.05) is 6.07 Å². The monoisotopic (exact) mass is 380 g/mol. The first-order valence-corrected chi connectivity index (χ1v) is 10.2. The van der Waals surface area contributed by atoms with Gasteiger partial charge < -0.3 is 14.9 Å². The highest BCUT2D eigenvalue weighted by Gasteiger charge is 2.29. The summed E-state index contributed by atoms with van der Waals surface area (Å²) in [6.07, 6.45) is 2.82. The first-order chi connectivity index (χ1) is 12.3. The van der Waals surface area contributed by atoms with E-state index in [0.29, 0.717) is 30.7 Å². The van der Waals surface area contributed by atoms with Gasteiger partial charge in [0.15, 0.2) is 0 Å². The van der Waals surface area contributed by atoms with Gasteiger partial charge >= 0.3 is 5.97 Å². The molecule has 0 radical (unpaired) electrons. The van der Waals surface area contributed by atoms with Gasteiger partial charge in [-0.3, -0.25) is 18.6 Å². The Morgan fingerprint density at radius 3 is 2.73 bits per heavy atom. The Balaban J connectivity index is 1.99. The molecule has 1 heterocycles. The van der Waals surface area contributed by atoms with Crippen LogP contribution in [0, 0.1) is 5.92 Å². The smallest absolute Gasteiger partial charge is 0.308 e. The van der Waals surface area contributed by atoms with Gasteiger partial charge in [-0.2, -0.15) is 0 Å². The predicted molar refractivity (Wildman–Crippen MR) is 98.1 cm³/mol. The number of nitrogens with zero attached hydrogens (tertiary/aromatic N) is 2. The summed E-state index contributed by atoms with van der Waals surface area (Å²) in [5.74, 6) is -1.61. The number of carbonyl (C=O) groups is 3. The first kappa shape index (κ1) is 20.1. The number of piperidine rings is 1. The van der Waals surface area contributed by atoms with Crippen molar-refractivity contribution in [3.8, 4) is 0 Å². The van der Waals surface area contributed by atoms with E-state index < -0.39 is 22.7 Å². The van der Waals surface area contributed by atoms with Crippen molar-refractivity contribution in [2.75, 3.05) is 32.9 Å². The Morgan fingerprint density at radius 2 is 2.08 bits per heavy atom. The van der Waals surface area contributed by atoms with Crippen LogP contribution in [0.1, 0.15) is 28.8 Å². The van der Waals surface area contributed by atoms with Crippen LogP contribution in [0.3, 0.4) is 0 Å². The Morgan fingerprint density at radius 1 is 1.35 bits per heavy atom. The molecule has 0 spiro atoms. The predicted octanol–water partition coefficient (Wildman–Crippen LogP) is 0.960. The van der Waals surface area contributed by atoms with E-state index in [1.165, 1.54) is 9.80 Å². The quantitative estimate of drug-likeness (QED) is 0.793. The number of benzene rings is 1. The Kier molecular flexibility index (Phi) is 6.90. The Labute approximate surface area is 155 Å². The molecule has 2 rings (SSSR count). The number of likely N-dealkylation sites (N-methyl/N-ethyl adjacent to an activating group) is 1. The van der Waals surface area contributed by atoms with Gasteiger partial charge in [0.1, 0.15) is 0 Å². The highest BCUT2D eigenvalue weighted by Crippen LogP contribution is 2.17. The number of hydrogen-bond donors (Lipinski definition) is 1. The highest BCUT2D eigenvalue weighted by molar-refractivity contribution is 7.83. The second-order valence-electron chi connectivity index (χ2n) is 6.60. The van der Waals surface area contributed by atoms with Gasteiger partial charge in [-0.05, 0) is 30.5 Å². The van der Waals surface area contributed by atoms with Crippen LogP contribution in [-0.4, -0.2) is 69.8 Å². The minimum absolute atomic E-state index is 0.102. The van der Waals surface area contributed by atoms with E-state index in [2.05, 4.69) is 0 Å². The average Bonchev–Trinajstić information content (AvgIpc) is 2.60. The zero-order chi connectivity index (χ0) is 19.3. The van der Waals surface area contributed by atoms with Crippen molar-refractivity contribution in [2.45, 2.75) is 18.6 Å². The van der Waals surface area contributed by atoms with E-state index >= 15 is 0 Å². The van der Waals surface area contributed by atoms with Crippen LogP contribution in [0.5, 0.6) is 0 Å². The maximum Gasteiger partial charge on any atom is 0.308 e. The van der Waals surface area contributed by atoms with Crippen molar-refractivity contribution in [2.24, 2.45) is 5.92 Å². The normalized spacial score (nSPS) is 18.2. The summed E-state index contributed by atoms with van der Waals surface area (Å²) in [7, 11) is 0.543. The lowest BCUT2D eigenvalue weighted by Gasteiger charge is -2.32. The van der Waals surface area contributed by atoms with Crippen molar-refractivity contribution in [3.05, 3.63) is 35.4 Å². The van der Waals surface area contributed by atoms with Gasteiger partial charge in [-0.25, -0.2) is 0 Å². The number of hydrogen-bond acceptors (Lipinski definition) is 4. The molecule has 2 amide bonds. The van der Waals surface area contributed by atoms with Crippen LogP contribution < -0.4 is 0 Å². The summed E-state index contributed by atoms with van der Waals surface area (Å²) in [6.45, 7) is 0.603. The van der Waals surface area contributed by atoms with E-state index in [1.54, 1.807) is 31.5 Å². The van der Waals surface area contributed by atoms with Crippen molar-refractivity contribution in [3.63, 3.8) is 0 Å². The second-order valence-corrected chi connectivity index (χ2v) is 8.03. The molecule has 1 aliphatic rings. The molecule has 26 heavy (non-hydrogen) atoms. The van der Waals surface area contributed by atoms with Gasteiger partial charge in [0, 0.05) is 48.5 Å². The van der Waals surface area contributed by atoms with Gasteiger partial charge in [-0.1, -0.05) is 12.1 Å². The summed E-state index contributed by atoms with van der Waals surface area (Å²) in [6, 6.07) is 6.88. The fraction of sp³-hybridized carbons (Fsp3) is 0.500. The lowest BCUT2D eigenvalue weighted by Crippen LogP contribution is -2.46. The average molecular weight is 380 g/mol. The second kappa shape index (κ2) is 8.93. The molecule has 142 valence electrons. The molecule has 0 aromatic heterocycles.